The van der Waals surface area contributed by atoms with Gasteiger partial charge in [0.25, 0.3) is 0 Å². The summed E-state index contributed by atoms with van der Waals surface area (Å²) in [5.41, 5.74) is 6.36. The lowest BCUT2D eigenvalue weighted by Crippen LogP contribution is -2.48. The van der Waals surface area contributed by atoms with Gasteiger partial charge in [-0.05, 0) is 31.5 Å². The molecule has 0 aromatic heterocycles. The number of hydrogen-bond acceptors (Lipinski definition) is 4. The number of halogens is 2. The summed E-state index contributed by atoms with van der Waals surface area (Å²) in [6.07, 6.45) is 2.36. The minimum Gasteiger partial charge on any atom is -0.374 e. The summed E-state index contributed by atoms with van der Waals surface area (Å²) in [6.45, 7) is 3.65. The Morgan fingerprint density at radius 2 is 1.91 bits per heavy atom. The third-order valence-corrected chi connectivity index (χ3v) is 3.89. The van der Waals surface area contributed by atoms with E-state index in [1.165, 1.54) is 0 Å². The monoisotopic (exact) mass is 345 g/mol. The fraction of sp³-hybridized carbons (Fsp3) is 0.467. The maximum absolute atomic E-state index is 12.0. The summed E-state index contributed by atoms with van der Waals surface area (Å²) in [7, 11) is 0. The molecule has 7 heteroatoms. The van der Waals surface area contributed by atoms with Gasteiger partial charge in [-0.15, -0.1) is 0 Å². The number of imide groups is 1. The van der Waals surface area contributed by atoms with Crippen LogP contribution in [-0.4, -0.2) is 23.9 Å². The molecule has 4 N–H and O–H groups in total. The van der Waals surface area contributed by atoms with Gasteiger partial charge >= 0.3 is 0 Å². The van der Waals surface area contributed by atoms with Crippen molar-refractivity contribution in [1.29, 1.82) is 0 Å². The molecular formula is C15H21Cl2N3O2. The van der Waals surface area contributed by atoms with Gasteiger partial charge in [-0.25, -0.2) is 0 Å². The van der Waals surface area contributed by atoms with Crippen molar-refractivity contribution < 1.29 is 9.59 Å². The third-order valence-electron chi connectivity index (χ3n) is 3.15. The first-order valence-electron chi connectivity index (χ1n) is 7.17. The number of amides is 2. The second-order valence-electron chi connectivity index (χ2n) is 5.10. The molecule has 0 spiro atoms. The number of anilines is 1. The standard InChI is InChI=1S/C15H21Cl2N3O2/c1-3-4-5-13(18)15(22)20-14(21)9(2)19-10-6-7-11(16)12(17)8-10/h6-9,13,19H,3-5,18H2,1-2H3,(H,20,21,22)/t9?,13-/m0/s1. The Bertz CT molecular complexity index is 538. The lowest BCUT2D eigenvalue weighted by Gasteiger charge is -2.17. The van der Waals surface area contributed by atoms with Crippen LogP contribution >= 0.6 is 23.2 Å². The predicted octanol–water partition coefficient (Wildman–Crippen LogP) is 2.95. The van der Waals surface area contributed by atoms with E-state index in [0.717, 1.165) is 12.8 Å². The highest BCUT2D eigenvalue weighted by Crippen LogP contribution is 2.25. The molecule has 122 valence electrons. The zero-order chi connectivity index (χ0) is 16.7. The van der Waals surface area contributed by atoms with Crippen LogP contribution in [0.25, 0.3) is 0 Å². The Balaban J connectivity index is 2.54. The lowest BCUT2D eigenvalue weighted by atomic mass is 10.1. The molecular weight excluding hydrogens is 325 g/mol. The van der Waals surface area contributed by atoms with Crippen LogP contribution < -0.4 is 16.4 Å². The maximum Gasteiger partial charge on any atom is 0.248 e. The fourth-order valence-electron chi connectivity index (χ4n) is 1.78. The van der Waals surface area contributed by atoms with E-state index in [9.17, 15) is 9.59 Å². The van der Waals surface area contributed by atoms with Crippen LogP contribution in [0.2, 0.25) is 10.0 Å². The van der Waals surface area contributed by atoms with Crippen LogP contribution in [-0.2, 0) is 9.59 Å². The molecule has 2 amide bonds. The topological polar surface area (TPSA) is 84.2 Å². The molecule has 1 unspecified atom stereocenters. The number of carbonyl (C=O) groups is 2. The molecule has 0 saturated carbocycles. The Morgan fingerprint density at radius 1 is 1.23 bits per heavy atom. The predicted molar refractivity (Wildman–Crippen MR) is 90.2 cm³/mol. The molecule has 0 radical (unpaired) electrons. The number of benzene rings is 1. The first kappa shape index (κ1) is 18.7. The van der Waals surface area contributed by atoms with E-state index in [-0.39, 0.29) is 0 Å². The fourth-order valence-corrected chi connectivity index (χ4v) is 2.08. The highest BCUT2D eigenvalue weighted by atomic mass is 35.5. The van der Waals surface area contributed by atoms with E-state index < -0.39 is 23.9 Å². The number of nitrogens with two attached hydrogens (primary N) is 1. The average Bonchev–Trinajstić information content (AvgIpc) is 2.48. The Labute approximate surface area is 140 Å². The molecule has 22 heavy (non-hydrogen) atoms. The molecule has 0 fully saturated rings. The summed E-state index contributed by atoms with van der Waals surface area (Å²) in [4.78, 5) is 23.8. The van der Waals surface area contributed by atoms with Crippen molar-refractivity contribution in [2.24, 2.45) is 5.73 Å². The zero-order valence-electron chi connectivity index (χ0n) is 12.7. The maximum atomic E-state index is 12.0. The van der Waals surface area contributed by atoms with Crippen LogP contribution in [0.3, 0.4) is 0 Å². The minimum atomic E-state index is -0.666. The summed E-state index contributed by atoms with van der Waals surface area (Å²) in [6, 6.07) is 3.67. The molecule has 0 aliphatic heterocycles. The van der Waals surface area contributed by atoms with Gasteiger partial charge in [-0.2, -0.15) is 0 Å². The molecule has 0 aliphatic carbocycles. The van der Waals surface area contributed by atoms with Gasteiger partial charge in [-0.1, -0.05) is 43.0 Å². The lowest BCUT2D eigenvalue weighted by molar-refractivity contribution is -0.131. The molecule has 0 bridgehead atoms. The van der Waals surface area contributed by atoms with Crippen molar-refractivity contribution in [2.75, 3.05) is 5.32 Å². The number of nitrogens with one attached hydrogen (secondary N) is 2. The van der Waals surface area contributed by atoms with Gasteiger partial charge in [0.15, 0.2) is 0 Å². The van der Waals surface area contributed by atoms with E-state index >= 15 is 0 Å². The third kappa shape index (κ3) is 5.83. The van der Waals surface area contributed by atoms with Crippen molar-refractivity contribution in [2.45, 2.75) is 45.2 Å². The molecule has 2 atom stereocenters. The van der Waals surface area contributed by atoms with Gasteiger partial charge in [-0.3, -0.25) is 14.9 Å². The molecule has 1 aromatic carbocycles. The van der Waals surface area contributed by atoms with Gasteiger partial charge in [0.2, 0.25) is 11.8 Å². The van der Waals surface area contributed by atoms with E-state index in [1.807, 2.05) is 6.92 Å². The highest BCUT2D eigenvalue weighted by molar-refractivity contribution is 6.42. The van der Waals surface area contributed by atoms with Crippen molar-refractivity contribution in [1.82, 2.24) is 5.32 Å². The molecule has 0 aliphatic rings. The van der Waals surface area contributed by atoms with Crippen LogP contribution in [0.15, 0.2) is 18.2 Å². The molecule has 1 aromatic rings. The summed E-state index contributed by atoms with van der Waals surface area (Å²) in [5, 5.41) is 6.08. The minimum absolute atomic E-state index is 0.386. The normalized spacial score (nSPS) is 13.3. The Morgan fingerprint density at radius 3 is 2.50 bits per heavy atom. The summed E-state index contributed by atoms with van der Waals surface area (Å²) in [5.74, 6) is -0.899. The summed E-state index contributed by atoms with van der Waals surface area (Å²) >= 11 is 11.7. The molecule has 0 saturated heterocycles. The highest BCUT2D eigenvalue weighted by Gasteiger charge is 2.19. The van der Waals surface area contributed by atoms with E-state index in [1.54, 1.807) is 25.1 Å². The van der Waals surface area contributed by atoms with Crippen molar-refractivity contribution >= 4 is 40.7 Å². The second-order valence-corrected chi connectivity index (χ2v) is 5.91. The quantitative estimate of drug-likeness (QED) is 0.709. The van der Waals surface area contributed by atoms with Gasteiger partial charge < -0.3 is 11.1 Å². The molecule has 0 heterocycles. The van der Waals surface area contributed by atoms with Crippen molar-refractivity contribution in [3.05, 3.63) is 28.2 Å². The van der Waals surface area contributed by atoms with Crippen LogP contribution in [0.5, 0.6) is 0 Å². The first-order chi connectivity index (χ1) is 10.3. The van der Waals surface area contributed by atoms with Crippen molar-refractivity contribution in [3.63, 3.8) is 0 Å². The van der Waals surface area contributed by atoms with Crippen LogP contribution in [0.4, 0.5) is 5.69 Å². The Hall–Kier alpha value is -1.30. The van der Waals surface area contributed by atoms with Crippen LogP contribution in [0, 0.1) is 0 Å². The smallest absolute Gasteiger partial charge is 0.248 e. The number of hydrogen-bond donors (Lipinski definition) is 3. The first-order valence-corrected chi connectivity index (χ1v) is 7.92. The van der Waals surface area contributed by atoms with E-state index in [4.69, 9.17) is 28.9 Å². The van der Waals surface area contributed by atoms with Gasteiger partial charge in [0.05, 0.1) is 16.1 Å². The largest absolute Gasteiger partial charge is 0.374 e. The van der Waals surface area contributed by atoms with Gasteiger partial charge in [0, 0.05) is 5.69 Å². The van der Waals surface area contributed by atoms with Crippen LogP contribution in [0.1, 0.15) is 33.1 Å². The Kier molecular flexibility index (Phi) is 7.65. The SMILES string of the molecule is CCCC[C@H](N)C(=O)NC(=O)C(C)Nc1ccc(Cl)c(Cl)c1. The van der Waals surface area contributed by atoms with Gasteiger partial charge in [0.1, 0.15) is 6.04 Å². The molecule has 5 nitrogen and oxygen atoms in total. The van der Waals surface area contributed by atoms with Crippen molar-refractivity contribution in [3.8, 4) is 0 Å². The number of rotatable bonds is 7. The average molecular weight is 346 g/mol. The second kappa shape index (κ2) is 8.98. The molecule has 1 rings (SSSR count). The van der Waals surface area contributed by atoms with E-state index in [0.29, 0.717) is 22.2 Å². The number of unbranched alkanes of at least 4 members (excludes halogenated alkanes) is 1. The van der Waals surface area contributed by atoms with E-state index in [2.05, 4.69) is 10.6 Å². The zero-order valence-corrected chi connectivity index (χ0v) is 14.2. The number of carbonyl (C=O) groups excluding carboxylic acids is 2. The summed E-state index contributed by atoms with van der Waals surface area (Å²) < 4.78 is 0.